The highest BCUT2D eigenvalue weighted by molar-refractivity contribution is 5.92. The van der Waals surface area contributed by atoms with Crippen LogP contribution in [0.3, 0.4) is 0 Å². The predicted molar refractivity (Wildman–Crippen MR) is 66.6 cm³/mol. The lowest BCUT2D eigenvalue weighted by Gasteiger charge is -2.13. The Morgan fingerprint density at radius 3 is 2.22 bits per heavy atom. The van der Waals surface area contributed by atoms with E-state index in [1.54, 1.807) is 12.1 Å². The Balaban J connectivity index is 2.67. The first-order valence-electron chi connectivity index (χ1n) is 5.42. The molecule has 0 bridgehead atoms. The number of carbonyl (C=O) groups excluding carboxylic acids is 1. The quantitative estimate of drug-likeness (QED) is 0.639. The second-order valence-electron chi connectivity index (χ2n) is 4.05. The first kappa shape index (κ1) is 14.0. The zero-order chi connectivity index (χ0) is 13.7. The molecule has 0 unspecified atom stereocenters. The van der Waals surface area contributed by atoms with Crippen LogP contribution >= 0.6 is 0 Å². The summed E-state index contributed by atoms with van der Waals surface area (Å²) in [5.74, 6) is -1.28. The highest BCUT2D eigenvalue weighted by Gasteiger charge is 2.18. The maximum absolute atomic E-state index is 11.5. The van der Waals surface area contributed by atoms with Crippen LogP contribution in [0.1, 0.15) is 11.1 Å². The molecule has 2 amide bonds. The minimum atomic E-state index is -1.31. The van der Waals surface area contributed by atoms with Crippen LogP contribution in [0.25, 0.3) is 0 Å². The molecule has 1 rings (SSSR count). The molecule has 0 aliphatic heterocycles. The number of amides is 2. The standard InChI is InChI=1S/C12H16N2O4/c1-7-3-8(2)5-9(4-7)13-12(18)14-10(6-15)11(16)17/h3-5,10,15H,6H2,1-2H3,(H,16,17)(H2,13,14,18)/t10-/m1/s1. The number of hydrogen-bond donors (Lipinski definition) is 4. The summed E-state index contributed by atoms with van der Waals surface area (Å²) < 4.78 is 0. The predicted octanol–water partition coefficient (Wildman–Crippen LogP) is 0.870. The third-order valence-electron chi connectivity index (χ3n) is 2.27. The molecule has 1 aromatic rings. The summed E-state index contributed by atoms with van der Waals surface area (Å²) >= 11 is 0. The van der Waals surface area contributed by atoms with Crippen LogP contribution in [0.4, 0.5) is 10.5 Å². The SMILES string of the molecule is Cc1cc(C)cc(NC(=O)N[C@H](CO)C(=O)O)c1. The van der Waals surface area contributed by atoms with Gasteiger partial charge in [0.05, 0.1) is 6.61 Å². The third kappa shape index (κ3) is 4.06. The summed E-state index contributed by atoms with van der Waals surface area (Å²) in [5.41, 5.74) is 2.55. The summed E-state index contributed by atoms with van der Waals surface area (Å²) in [6.07, 6.45) is 0. The van der Waals surface area contributed by atoms with Crippen LogP contribution in [0.15, 0.2) is 18.2 Å². The van der Waals surface area contributed by atoms with E-state index in [0.717, 1.165) is 11.1 Å². The van der Waals surface area contributed by atoms with Crippen LogP contribution in [0, 0.1) is 13.8 Å². The highest BCUT2D eigenvalue weighted by atomic mass is 16.4. The topological polar surface area (TPSA) is 98.7 Å². The van der Waals surface area contributed by atoms with Crippen molar-refractivity contribution in [1.29, 1.82) is 0 Å². The molecule has 6 nitrogen and oxygen atoms in total. The van der Waals surface area contributed by atoms with Gasteiger partial charge in [0.15, 0.2) is 6.04 Å². The van der Waals surface area contributed by atoms with Crippen molar-refractivity contribution in [2.75, 3.05) is 11.9 Å². The van der Waals surface area contributed by atoms with E-state index in [4.69, 9.17) is 10.2 Å². The fraction of sp³-hybridized carbons (Fsp3) is 0.333. The summed E-state index contributed by atoms with van der Waals surface area (Å²) in [6, 6.07) is 3.51. The van der Waals surface area contributed by atoms with Gasteiger partial charge in [-0.1, -0.05) is 6.07 Å². The summed E-state index contributed by atoms with van der Waals surface area (Å²) in [5, 5.41) is 22.1. The Bertz CT molecular complexity index is 439. The minimum Gasteiger partial charge on any atom is -0.480 e. The van der Waals surface area contributed by atoms with E-state index in [-0.39, 0.29) is 0 Å². The van der Waals surface area contributed by atoms with Crippen molar-refractivity contribution in [2.45, 2.75) is 19.9 Å². The fourth-order valence-corrected chi connectivity index (χ4v) is 1.56. The van der Waals surface area contributed by atoms with Gasteiger partial charge in [0.1, 0.15) is 0 Å². The molecule has 0 saturated carbocycles. The molecule has 18 heavy (non-hydrogen) atoms. The lowest BCUT2D eigenvalue weighted by atomic mass is 10.1. The van der Waals surface area contributed by atoms with Gasteiger partial charge in [-0.05, 0) is 37.1 Å². The first-order chi connectivity index (χ1) is 8.42. The number of aliphatic carboxylic acids is 1. The number of carboxylic acids is 1. The minimum absolute atomic E-state index is 0.576. The van der Waals surface area contributed by atoms with E-state index in [9.17, 15) is 9.59 Å². The molecule has 0 radical (unpaired) electrons. The van der Waals surface area contributed by atoms with Gasteiger partial charge in [-0.2, -0.15) is 0 Å². The number of carboxylic acid groups (broad SMARTS) is 1. The molecule has 6 heteroatoms. The van der Waals surface area contributed by atoms with Gasteiger partial charge in [-0.15, -0.1) is 0 Å². The number of hydrogen-bond acceptors (Lipinski definition) is 3. The number of aliphatic hydroxyl groups is 1. The van der Waals surface area contributed by atoms with Crippen molar-refractivity contribution in [1.82, 2.24) is 5.32 Å². The monoisotopic (exact) mass is 252 g/mol. The van der Waals surface area contributed by atoms with E-state index in [1.807, 2.05) is 19.9 Å². The van der Waals surface area contributed by atoms with E-state index < -0.39 is 24.6 Å². The second-order valence-corrected chi connectivity index (χ2v) is 4.05. The highest BCUT2D eigenvalue weighted by Crippen LogP contribution is 2.13. The zero-order valence-electron chi connectivity index (χ0n) is 10.2. The van der Waals surface area contributed by atoms with Crippen LogP contribution < -0.4 is 10.6 Å². The van der Waals surface area contributed by atoms with Crippen molar-refractivity contribution >= 4 is 17.7 Å². The van der Waals surface area contributed by atoms with Crippen molar-refractivity contribution < 1.29 is 19.8 Å². The molecule has 0 aliphatic rings. The lowest BCUT2D eigenvalue weighted by Crippen LogP contribution is -2.45. The molecule has 0 aliphatic carbocycles. The van der Waals surface area contributed by atoms with Crippen LogP contribution in [-0.2, 0) is 4.79 Å². The zero-order valence-corrected chi connectivity index (χ0v) is 10.2. The number of aryl methyl sites for hydroxylation is 2. The van der Waals surface area contributed by atoms with Gasteiger partial charge in [-0.25, -0.2) is 9.59 Å². The largest absolute Gasteiger partial charge is 0.480 e. The Morgan fingerprint density at radius 2 is 1.78 bits per heavy atom. The van der Waals surface area contributed by atoms with E-state index in [0.29, 0.717) is 5.69 Å². The molecule has 1 atom stereocenters. The van der Waals surface area contributed by atoms with E-state index in [1.165, 1.54) is 0 Å². The van der Waals surface area contributed by atoms with Crippen LogP contribution in [0.5, 0.6) is 0 Å². The second kappa shape index (κ2) is 6.02. The summed E-state index contributed by atoms with van der Waals surface area (Å²) in [4.78, 5) is 22.1. The molecular formula is C12H16N2O4. The number of anilines is 1. The van der Waals surface area contributed by atoms with Gasteiger partial charge in [0.25, 0.3) is 0 Å². The van der Waals surface area contributed by atoms with Crippen molar-refractivity contribution in [3.63, 3.8) is 0 Å². The van der Waals surface area contributed by atoms with Gasteiger partial charge >= 0.3 is 12.0 Å². The van der Waals surface area contributed by atoms with Crippen molar-refractivity contribution in [3.8, 4) is 0 Å². The Morgan fingerprint density at radius 1 is 1.22 bits per heavy atom. The number of rotatable bonds is 4. The van der Waals surface area contributed by atoms with Crippen LogP contribution in [0.2, 0.25) is 0 Å². The van der Waals surface area contributed by atoms with E-state index in [2.05, 4.69) is 10.6 Å². The van der Waals surface area contributed by atoms with Gasteiger partial charge in [0, 0.05) is 5.69 Å². The van der Waals surface area contributed by atoms with Crippen molar-refractivity contribution in [3.05, 3.63) is 29.3 Å². The molecule has 98 valence electrons. The lowest BCUT2D eigenvalue weighted by molar-refractivity contribution is -0.140. The van der Waals surface area contributed by atoms with Gasteiger partial charge in [-0.3, -0.25) is 0 Å². The van der Waals surface area contributed by atoms with Crippen molar-refractivity contribution in [2.24, 2.45) is 0 Å². The molecule has 1 aromatic carbocycles. The molecule has 0 fully saturated rings. The maximum atomic E-state index is 11.5. The average molecular weight is 252 g/mol. The van der Waals surface area contributed by atoms with Crippen LogP contribution in [-0.4, -0.2) is 34.9 Å². The maximum Gasteiger partial charge on any atom is 0.328 e. The molecule has 0 saturated heterocycles. The van der Waals surface area contributed by atoms with E-state index >= 15 is 0 Å². The number of benzene rings is 1. The smallest absolute Gasteiger partial charge is 0.328 e. The Kier molecular flexibility index (Phi) is 4.67. The number of carbonyl (C=O) groups is 2. The summed E-state index contributed by atoms with van der Waals surface area (Å²) in [7, 11) is 0. The molecule has 4 N–H and O–H groups in total. The van der Waals surface area contributed by atoms with Gasteiger partial charge in [0.2, 0.25) is 0 Å². The number of nitrogens with one attached hydrogen (secondary N) is 2. The molecular weight excluding hydrogens is 236 g/mol. The fourth-order valence-electron chi connectivity index (χ4n) is 1.56. The van der Waals surface area contributed by atoms with Gasteiger partial charge < -0.3 is 20.8 Å². The Labute approximate surface area is 105 Å². The number of urea groups is 1. The molecule has 0 spiro atoms. The molecule has 0 heterocycles. The molecule has 0 aromatic heterocycles. The first-order valence-corrected chi connectivity index (χ1v) is 5.42. The third-order valence-corrected chi connectivity index (χ3v) is 2.27. The average Bonchev–Trinajstić information content (AvgIpc) is 2.23. The normalized spacial score (nSPS) is 11.7. The Hall–Kier alpha value is -2.08. The summed E-state index contributed by atoms with van der Waals surface area (Å²) in [6.45, 7) is 3.13. The number of aliphatic hydroxyl groups excluding tert-OH is 1.